The molecular formula is C41H80NO3P2+. The summed E-state index contributed by atoms with van der Waals surface area (Å²) in [5.41, 5.74) is 0.428. The minimum Gasteiger partial charge on any atom is -0.382 e. The lowest BCUT2D eigenvalue weighted by molar-refractivity contribution is -0.883. The van der Waals surface area contributed by atoms with Crippen molar-refractivity contribution in [3.8, 4) is 0 Å². The Labute approximate surface area is 297 Å². The van der Waals surface area contributed by atoms with Crippen LogP contribution in [-0.2, 0) is 9.59 Å². The fourth-order valence-corrected chi connectivity index (χ4v) is 8.91. The molecule has 0 radical (unpaired) electrons. The molecule has 0 aliphatic rings. The molecule has 0 rings (SSSR count). The van der Waals surface area contributed by atoms with Crippen molar-refractivity contribution >= 4 is 28.2 Å². The molecule has 47 heavy (non-hydrogen) atoms. The van der Waals surface area contributed by atoms with Gasteiger partial charge >= 0.3 is 0 Å². The third kappa shape index (κ3) is 32.6. The monoisotopic (exact) mass is 697 g/mol. The number of nitrogens with zero attached hydrogens (tertiary/aromatic N) is 1. The molecule has 4 nitrogen and oxygen atoms in total. The van der Waals surface area contributed by atoms with Crippen molar-refractivity contribution in [2.75, 3.05) is 21.1 Å². The molecule has 0 saturated carbocycles. The maximum absolute atomic E-state index is 12.8. The summed E-state index contributed by atoms with van der Waals surface area (Å²) in [7, 11) is 6.06. The number of quaternary nitrogens is 1. The highest BCUT2D eigenvalue weighted by atomic mass is 31.1. The lowest BCUT2D eigenvalue weighted by atomic mass is 10.1. The number of likely N-dealkylation sites (N-methyl/N-ethyl adjacent to an activating group) is 1. The Kier molecular flexibility index (Phi) is 33.8. The summed E-state index contributed by atoms with van der Waals surface area (Å²) < 4.78 is 0.519. The van der Waals surface area contributed by atoms with Gasteiger partial charge < -0.3 is 9.59 Å². The molecule has 0 aromatic heterocycles. The Morgan fingerprint density at radius 2 is 0.787 bits per heavy atom. The number of unbranched alkanes of at least 4 members (excludes halogenated alkanes) is 22. The molecule has 276 valence electrons. The molecule has 0 bridgehead atoms. The van der Waals surface area contributed by atoms with Gasteiger partial charge in [-0.3, -0.25) is 9.59 Å². The second kappa shape index (κ2) is 34.1. The van der Waals surface area contributed by atoms with Crippen LogP contribution in [0.3, 0.4) is 0 Å². The van der Waals surface area contributed by atoms with Gasteiger partial charge in [0.25, 0.3) is 0 Å². The van der Waals surface area contributed by atoms with Crippen LogP contribution in [0.15, 0.2) is 24.3 Å². The van der Waals surface area contributed by atoms with E-state index in [0.717, 1.165) is 25.7 Å². The minimum atomic E-state index is -0.720. The van der Waals surface area contributed by atoms with Crippen molar-refractivity contribution in [3.05, 3.63) is 24.3 Å². The molecule has 0 aromatic rings. The molecule has 0 aliphatic carbocycles. The summed E-state index contributed by atoms with van der Waals surface area (Å²) in [6, 6.07) is 0. The highest BCUT2D eigenvalue weighted by Gasteiger charge is 2.34. The van der Waals surface area contributed by atoms with Crippen molar-refractivity contribution in [2.45, 2.75) is 205 Å². The lowest BCUT2D eigenvalue weighted by Gasteiger charge is -2.36. The summed E-state index contributed by atoms with van der Waals surface area (Å²) in [4.78, 5) is 25.5. The van der Waals surface area contributed by atoms with E-state index in [9.17, 15) is 14.7 Å². The van der Waals surface area contributed by atoms with E-state index >= 15 is 0 Å². The molecule has 0 aromatic carbocycles. The lowest BCUT2D eigenvalue weighted by Crippen LogP contribution is -2.48. The number of carbonyl (C=O) groups is 2. The molecule has 4 unspecified atom stereocenters. The standard InChI is InChI=1S/C41H80NO3P2/c1-6-8-10-12-14-16-18-20-22-24-26-28-30-32-34-36-38(43)46-40(42(3,4)5)41(45)47-39(44)37-35-33-31-29-27-25-23-21-19-17-15-13-11-9-7-2/h20-23,40-41,45-47H,6-19,24-37H2,1-5H3/q+1/b22-20-,23-21-. The zero-order valence-electron chi connectivity index (χ0n) is 32.0. The number of carbonyl (C=O) groups excluding carboxylic acids is 2. The number of hydrogen-bond donors (Lipinski definition) is 1. The molecule has 0 saturated heterocycles. The molecule has 4 atom stereocenters. The molecule has 0 amide bonds. The molecule has 1 N–H and O–H groups in total. The molecule has 0 spiro atoms. The highest BCUT2D eigenvalue weighted by Crippen LogP contribution is 2.38. The molecule has 0 heterocycles. The Morgan fingerprint density at radius 1 is 0.489 bits per heavy atom. The van der Waals surface area contributed by atoms with Gasteiger partial charge in [-0.1, -0.05) is 141 Å². The van der Waals surface area contributed by atoms with E-state index < -0.39 is 5.85 Å². The number of hydrogen-bond acceptors (Lipinski definition) is 3. The summed E-state index contributed by atoms with van der Waals surface area (Å²) in [6.45, 7) is 4.54. The van der Waals surface area contributed by atoms with Crippen molar-refractivity contribution < 1.29 is 19.2 Å². The van der Waals surface area contributed by atoms with Crippen molar-refractivity contribution in [1.29, 1.82) is 0 Å². The van der Waals surface area contributed by atoms with E-state index in [1.807, 2.05) is 21.1 Å². The van der Waals surface area contributed by atoms with E-state index in [1.165, 1.54) is 141 Å². The molecule has 0 aliphatic heterocycles. The van der Waals surface area contributed by atoms with Crippen molar-refractivity contribution in [3.63, 3.8) is 0 Å². The molecular weight excluding hydrogens is 616 g/mol. The van der Waals surface area contributed by atoms with E-state index in [0.29, 0.717) is 17.3 Å². The van der Waals surface area contributed by atoms with Crippen LogP contribution in [0.2, 0.25) is 0 Å². The van der Waals surface area contributed by atoms with Gasteiger partial charge in [-0.2, -0.15) is 0 Å². The highest BCUT2D eigenvalue weighted by molar-refractivity contribution is 7.62. The second-order valence-electron chi connectivity index (χ2n) is 14.8. The number of aliphatic hydroxyl groups excluding tert-OH is 1. The first kappa shape index (κ1) is 46.6. The largest absolute Gasteiger partial charge is 0.382 e. The average molecular weight is 697 g/mol. The Balaban J connectivity index is 3.95. The SMILES string of the molecule is CCCCCCCC/C=C\CCCCCCCC(=O)PC(O)C(PC(=O)CCCCCCC/C=C\CCCCCCCC)[N+](C)(C)C. The van der Waals surface area contributed by atoms with Gasteiger partial charge in [0, 0.05) is 21.4 Å². The van der Waals surface area contributed by atoms with E-state index in [-0.39, 0.29) is 34.0 Å². The average Bonchev–Trinajstić information content (AvgIpc) is 3.03. The third-order valence-corrected chi connectivity index (χ3v) is 12.6. The third-order valence-electron chi connectivity index (χ3n) is 9.08. The molecule has 6 heteroatoms. The van der Waals surface area contributed by atoms with Crippen LogP contribution in [0.1, 0.15) is 194 Å². The van der Waals surface area contributed by atoms with E-state index in [2.05, 4.69) is 38.2 Å². The summed E-state index contributed by atoms with van der Waals surface area (Å²) in [5.74, 6) is -0.913. The number of aliphatic hydroxyl groups is 1. The Morgan fingerprint density at radius 3 is 1.13 bits per heavy atom. The van der Waals surface area contributed by atoms with Crippen molar-refractivity contribution in [1.82, 2.24) is 0 Å². The normalized spacial score (nSPS) is 14.1. The predicted molar refractivity (Wildman–Crippen MR) is 213 cm³/mol. The van der Waals surface area contributed by atoms with Crippen LogP contribution >= 0.6 is 17.2 Å². The minimum absolute atomic E-state index is 0.0635. The zero-order valence-corrected chi connectivity index (χ0v) is 34.0. The van der Waals surface area contributed by atoms with Crippen LogP contribution in [0.4, 0.5) is 0 Å². The summed E-state index contributed by atoms with van der Waals surface area (Å²) in [5, 5.41) is 11.0. The van der Waals surface area contributed by atoms with Gasteiger partial charge in [-0.25, -0.2) is 0 Å². The van der Waals surface area contributed by atoms with Crippen LogP contribution in [0, 0.1) is 0 Å². The Hall–Kier alpha value is -0.400. The first-order valence-corrected chi connectivity index (χ1v) is 22.3. The van der Waals surface area contributed by atoms with Crippen molar-refractivity contribution in [2.24, 2.45) is 0 Å². The van der Waals surface area contributed by atoms with Gasteiger partial charge in [0.15, 0.2) is 11.0 Å². The van der Waals surface area contributed by atoms with Gasteiger partial charge in [-0.15, -0.1) is 0 Å². The fraction of sp³-hybridized carbons (Fsp3) is 0.854. The van der Waals surface area contributed by atoms with Crippen LogP contribution < -0.4 is 0 Å². The number of allylic oxidation sites excluding steroid dienone is 4. The van der Waals surface area contributed by atoms with Gasteiger partial charge in [0.05, 0.1) is 21.1 Å². The Bertz CT molecular complexity index is 777. The number of rotatable bonds is 36. The molecule has 0 fully saturated rings. The predicted octanol–water partition coefficient (Wildman–Crippen LogP) is 12.8. The fourth-order valence-electron chi connectivity index (χ4n) is 5.96. The zero-order chi connectivity index (χ0) is 34.9. The van der Waals surface area contributed by atoms with E-state index in [4.69, 9.17) is 0 Å². The van der Waals surface area contributed by atoms with Gasteiger partial charge in [-0.05, 0) is 72.8 Å². The van der Waals surface area contributed by atoms with Gasteiger partial charge in [0.1, 0.15) is 11.6 Å². The summed E-state index contributed by atoms with van der Waals surface area (Å²) >= 11 is 0. The smallest absolute Gasteiger partial charge is 0.157 e. The van der Waals surface area contributed by atoms with Gasteiger partial charge in [0.2, 0.25) is 0 Å². The maximum atomic E-state index is 12.8. The van der Waals surface area contributed by atoms with Crippen LogP contribution in [-0.4, -0.2) is 53.4 Å². The topological polar surface area (TPSA) is 54.4 Å². The first-order chi connectivity index (χ1) is 22.7. The first-order valence-electron chi connectivity index (χ1n) is 20.1. The summed E-state index contributed by atoms with van der Waals surface area (Å²) in [6.07, 6.45) is 43.1. The van der Waals surface area contributed by atoms with E-state index in [1.54, 1.807) is 0 Å². The van der Waals surface area contributed by atoms with Crippen LogP contribution in [0.5, 0.6) is 0 Å². The second-order valence-corrected chi connectivity index (χ2v) is 17.7. The maximum Gasteiger partial charge on any atom is 0.157 e. The quantitative estimate of drug-likeness (QED) is 0.0307. The van der Waals surface area contributed by atoms with Crippen LogP contribution in [0.25, 0.3) is 0 Å².